The predicted molar refractivity (Wildman–Crippen MR) is 171 cm³/mol. The maximum Gasteiger partial charge on any atom is 0.257 e. The molecule has 0 fully saturated rings. The van der Waals surface area contributed by atoms with Crippen molar-refractivity contribution < 1.29 is 19.0 Å². The van der Waals surface area contributed by atoms with E-state index < -0.39 is 0 Å². The summed E-state index contributed by atoms with van der Waals surface area (Å²) >= 11 is 1.46. The molecule has 1 unspecified atom stereocenters. The highest BCUT2D eigenvalue weighted by molar-refractivity contribution is 7.24. The van der Waals surface area contributed by atoms with Gasteiger partial charge in [0.1, 0.15) is 5.75 Å². The zero-order chi connectivity index (χ0) is 29.5. The van der Waals surface area contributed by atoms with E-state index in [0.717, 1.165) is 41.3 Å². The second-order valence-electron chi connectivity index (χ2n) is 10.0. The predicted octanol–water partition coefficient (Wildman–Crippen LogP) is 6.67. The van der Waals surface area contributed by atoms with Gasteiger partial charge in [-0.2, -0.15) is 0 Å². The fourth-order valence-electron chi connectivity index (χ4n) is 4.88. The quantitative estimate of drug-likeness (QED) is 0.126. The van der Waals surface area contributed by atoms with Gasteiger partial charge in [-0.05, 0) is 92.5 Å². The fraction of sp³-hybridized carbons (Fsp3) is 0.235. The summed E-state index contributed by atoms with van der Waals surface area (Å²) in [5.74, 6) is 1.95. The molecule has 5 aromatic rings. The van der Waals surface area contributed by atoms with Crippen LogP contribution < -0.4 is 30.3 Å². The summed E-state index contributed by atoms with van der Waals surface area (Å²) in [7, 11) is 3.28. The lowest BCUT2D eigenvalue weighted by atomic mass is 10.1. The van der Waals surface area contributed by atoms with Gasteiger partial charge in [0, 0.05) is 27.2 Å². The summed E-state index contributed by atoms with van der Waals surface area (Å²) in [5, 5.41) is 7.71. The van der Waals surface area contributed by atoms with Crippen LogP contribution in [0.1, 0.15) is 29.3 Å². The normalized spacial score (nSPS) is 11.8. The Kier molecular flexibility index (Phi) is 9.36. The lowest BCUT2D eigenvalue weighted by molar-refractivity contribution is 0.102. The highest BCUT2D eigenvalue weighted by atomic mass is 32.1. The van der Waals surface area contributed by atoms with Crippen molar-refractivity contribution in [2.75, 3.05) is 32.7 Å². The number of amides is 1. The van der Waals surface area contributed by atoms with Crippen LogP contribution in [0.4, 0.5) is 5.69 Å². The number of benzene rings is 4. The van der Waals surface area contributed by atoms with E-state index in [0.29, 0.717) is 39.4 Å². The molecule has 1 aromatic heterocycles. The van der Waals surface area contributed by atoms with Gasteiger partial charge in [-0.15, -0.1) is 11.3 Å². The van der Waals surface area contributed by atoms with Gasteiger partial charge >= 0.3 is 0 Å². The molecule has 1 atom stereocenters. The van der Waals surface area contributed by atoms with Crippen molar-refractivity contribution in [2.45, 2.75) is 25.8 Å². The van der Waals surface area contributed by atoms with Crippen molar-refractivity contribution in [3.63, 3.8) is 0 Å². The number of fused-ring (bicyclic) bond motifs is 2. The number of nitrogens with one attached hydrogen (secondary N) is 2. The molecule has 1 heterocycles. The Hall–Kier alpha value is -4.40. The van der Waals surface area contributed by atoms with Gasteiger partial charge < -0.3 is 24.8 Å². The second kappa shape index (κ2) is 13.5. The van der Waals surface area contributed by atoms with Gasteiger partial charge in [-0.25, -0.2) is 0 Å². The van der Waals surface area contributed by atoms with Gasteiger partial charge in [0.15, 0.2) is 16.9 Å². The molecule has 1 amide bonds. The number of ether oxygens (including phenoxy) is 3. The van der Waals surface area contributed by atoms with Crippen LogP contribution >= 0.6 is 11.3 Å². The Morgan fingerprint density at radius 2 is 1.64 bits per heavy atom. The number of rotatable bonds is 12. The molecule has 0 spiro atoms. The highest BCUT2D eigenvalue weighted by Crippen LogP contribution is 2.29. The van der Waals surface area contributed by atoms with E-state index in [4.69, 9.17) is 14.2 Å². The number of carbonyl (C=O) groups is 1. The molecule has 0 aliphatic carbocycles. The van der Waals surface area contributed by atoms with Crippen LogP contribution in [0, 0.1) is 0 Å². The average Bonchev–Trinajstić information content (AvgIpc) is 3.01. The Balaban J connectivity index is 1.10. The Morgan fingerprint density at radius 1 is 0.881 bits per heavy atom. The molecule has 5 rings (SSSR count). The molecular formula is C34H34N2O5S. The van der Waals surface area contributed by atoms with E-state index in [9.17, 15) is 9.59 Å². The zero-order valence-corrected chi connectivity index (χ0v) is 24.8. The van der Waals surface area contributed by atoms with Crippen LogP contribution in [0.15, 0.2) is 89.7 Å². The number of carbonyl (C=O) groups excluding carboxylic acids is 1. The largest absolute Gasteiger partial charge is 0.494 e. The standard InChI is InChI=1S/C34H34N2O5S/c1-22(20-23-12-17-29(39-2)30(21-23)40-3)35-18-7-19-41-25-15-13-24(14-16-25)36-34(38)28-10-6-9-27-32(37)26-8-4-5-11-31(26)42-33(27)28/h4-6,8-17,21-22,35H,7,18-20H2,1-3H3,(H,36,38). The van der Waals surface area contributed by atoms with Gasteiger partial charge in [-0.1, -0.05) is 24.3 Å². The molecule has 0 saturated carbocycles. The monoisotopic (exact) mass is 582 g/mol. The number of methoxy groups -OCH3 is 2. The van der Waals surface area contributed by atoms with Crippen molar-refractivity contribution in [2.24, 2.45) is 0 Å². The van der Waals surface area contributed by atoms with E-state index in [1.54, 1.807) is 32.4 Å². The average molecular weight is 583 g/mol. The summed E-state index contributed by atoms with van der Waals surface area (Å²) in [6.45, 7) is 3.56. The maximum absolute atomic E-state index is 13.2. The van der Waals surface area contributed by atoms with E-state index in [-0.39, 0.29) is 11.3 Å². The first-order valence-electron chi connectivity index (χ1n) is 13.9. The minimum absolute atomic E-state index is 0.0573. The van der Waals surface area contributed by atoms with Crippen molar-refractivity contribution in [3.8, 4) is 17.2 Å². The summed E-state index contributed by atoms with van der Waals surface area (Å²) < 4.78 is 18.2. The Bertz CT molecular complexity index is 1750. The zero-order valence-electron chi connectivity index (χ0n) is 23.9. The van der Waals surface area contributed by atoms with Crippen LogP contribution in [0.25, 0.3) is 20.2 Å². The third kappa shape index (κ3) is 6.73. The molecule has 4 aromatic carbocycles. The number of hydrogen-bond donors (Lipinski definition) is 2. The second-order valence-corrected chi connectivity index (χ2v) is 11.1. The smallest absolute Gasteiger partial charge is 0.257 e. The number of anilines is 1. The minimum Gasteiger partial charge on any atom is -0.494 e. The van der Waals surface area contributed by atoms with Crippen LogP contribution in [-0.4, -0.2) is 39.3 Å². The van der Waals surface area contributed by atoms with Crippen LogP contribution in [0.3, 0.4) is 0 Å². The fourth-order valence-corrected chi connectivity index (χ4v) is 6.06. The molecule has 7 nitrogen and oxygen atoms in total. The van der Waals surface area contributed by atoms with E-state index in [1.165, 1.54) is 16.9 Å². The minimum atomic E-state index is -0.256. The van der Waals surface area contributed by atoms with Gasteiger partial charge in [0.05, 0.1) is 31.1 Å². The van der Waals surface area contributed by atoms with Crippen molar-refractivity contribution in [3.05, 3.63) is 106 Å². The molecule has 8 heteroatoms. The third-order valence-corrected chi connectivity index (χ3v) is 8.25. The van der Waals surface area contributed by atoms with Crippen LogP contribution in [-0.2, 0) is 6.42 Å². The lowest BCUT2D eigenvalue weighted by Crippen LogP contribution is -2.29. The molecule has 42 heavy (non-hydrogen) atoms. The molecule has 0 radical (unpaired) electrons. The Morgan fingerprint density at radius 3 is 2.43 bits per heavy atom. The molecule has 216 valence electrons. The third-order valence-electron chi connectivity index (χ3n) is 7.03. The summed E-state index contributed by atoms with van der Waals surface area (Å²) in [6, 6.07) is 26.4. The molecule has 0 saturated heterocycles. The first-order chi connectivity index (χ1) is 20.5. The first kappa shape index (κ1) is 29.1. The highest BCUT2D eigenvalue weighted by Gasteiger charge is 2.15. The van der Waals surface area contributed by atoms with Crippen LogP contribution in [0.2, 0.25) is 0 Å². The van der Waals surface area contributed by atoms with E-state index in [2.05, 4.69) is 23.6 Å². The SMILES string of the molecule is COc1ccc(CC(C)NCCCOc2ccc(NC(=O)c3cccc4c(=O)c5ccccc5sc34)cc2)cc1OC. The topological polar surface area (TPSA) is 85.9 Å². The lowest BCUT2D eigenvalue weighted by Gasteiger charge is -2.15. The Labute approximate surface area is 249 Å². The van der Waals surface area contributed by atoms with Crippen molar-refractivity contribution in [1.29, 1.82) is 0 Å². The molecule has 0 aliphatic rings. The van der Waals surface area contributed by atoms with E-state index >= 15 is 0 Å². The summed E-state index contributed by atoms with van der Waals surface area (Å²) in [4.78, 5) is 26.2. The summed E-state index contributed by atoms with van der Waals surface area (Å²) in [5.41, 5.74) is 2.26. The molecule has 0 aliphatic heterocycles. The first-order valence-corrected chi connectivity index (χ1v) is 14.7. The van der Waals surface area contributed by atoms with Gasteiger partial charge in [0.25, 0.3) is 5.91 Å². The summed E-state index contributed by atoms with van der Waals surface area (Å²) in [6.07, 6.45) is 1.73. The van der Waals surface area contributed by atoms with Crippen molar-refractivity contribution in [1.82, 2.24) is 5.32 Å². The van der Waals surface area contributed by atoms with Gasteiger partial charge in [0.2, 0.25) is 0 Å². The molecule has 0 bridgehead atoms. The molecular weight excluding hydrogens is 548 g/mol. The molecule has 2 N–H and O–H groups in total. The number of hydrogen-bond acceptors (Lipinski definition) is 7. The van der Waals surface area contributed by atoms with Gasteiger partial charge in [-0.3, -0.25) is 9.59 Å². The van der Waals surface area contributed by atoms with Crippen molar-refractivity contribution >= 4 is 43.1 Å². The van der Waals surface area contributed by atoms with Crippen LogP contribution in [0.5, 0.6) is 17.2 Å². The van der Waals surface area contributed by atoms with E-state index in [1.807, 2.05) is 60.7 Å². The maximum atomic E-state index is 13.2.